The number of ether oxygens (including phenoxy) is 2. The molecule has 5 nitrogen and oxygen atoms in total. The number of rotatable bonds is 2. The van der Waals surface area contributed by atoms with Crippen molar-refractivity contribution in [3.63, 3.8) is 0 Å². The molecule has 0 saturated heterocycles. The first-order chi connectivity index (χ1) is 11.5. The maximum absolute atomic E-state index is 12.7. The van der Waals surface area contributed by atoms with E-state index in [0.717, 1.165) is 22.3 Å². The highest BCUT2D eigenvalue weighted by Crippen LogP contribution is 2.32. The van der Waals surface area contributed by atoms with Gasteiger partial charge in [-0.15, -0.1) is 0 Å². The van der Waals surface area contributed by atoms with E-state index in [2.05, 4.69) is 0 Å². The number of fused-ring (bicyclic) bond motifs is 3. The Morgan fingerprint density at radius 2 is 1.33 bits per heavy atom. The summed E-state index contributed by atoms with van der Waals surface area (Å²) in [7, 11) is 2.39. The normalized spacial score (nSPS) is 16.3. The molecular weight excluding hydrogens is 328 g/mol. The Morgan fingerprint density at radius 1 is 0.875 bits per heavy atom. The molecule has 0 aromatic carbocycles. The van der Waals surface area contributed by atoms with Gasteiger partial charge >= 0.3 is 11.9 Å². The zero-order chi connectivity index (χ0) is 17.3. The van der Waals surface area contributed by atoms with Crippen LogP contribution in [-0.2, 0) is 23.9 Å². The molecular formula is C18H14O5S. The lowest BCUT2D eigenvalue weighted by Crippen LogP contribution is -2.23. The summed E-state index contributed by atoms with van der Waals surface area (Å²) in [5.41, 5.74) is 3.25. The largest absolute Gasteiger partial charge is 0.465 e. The molecule has 0 amide bonds. The monoisotopic (exact) mass is 342 g/mol. The molecule has 0 aliphatic heterocycles. The van der Waals surface area contributed by atoms with Gasteiger partial charge in [-0.2, -0.15) is 11.3 Å². The molecule has 0 atom stereocenters. The second-order valence-corrected chi connectivity index (χ2v) is 6.07. The molecule has 1 aromatic heterocycles. The van der Waals surface area contributed by atoms with Crippen LogP contribution in [0.2, 0.25) is 0 Å². The van der Waals surface area contributed by atoms with E-state index in [1.54, 1.807) is 11.3 Å². The van der Waals surface area contributed by atoms with Crippen molar-refractivity contribution in [2.75, 3.05) is 14.2 Å². The third-order valence-electron chi connectivity index (χ3n) is 3.77. The number of hydrogen-bond donors (Lipinski definition) is 0. The molecule has 0 fully saturated rings. The van der Waals surface area contributed by atoms with Crippen molar-refractivity contribution >= 4 is 41.2 Å². The fraction of sp³-hybridized carbons (Fsp3) is 0.167. The van der Waals surface area contributed by atoms with Gasteiger partial charge < -0.3 is 9.47 Å². The van der Waals surface area contributed by atoms with Gasteiger partial charge in [0, 0.05) is 0 Å². The third kappa shape index (κ3) is 2.88. The molecule has 0 N–H and O–H groups in total. The summed E-state index contributed by atoms with van der Waals surface area (Å²) in [6.07, 6.45) is 7.34. The van der Waals surface area contributed by atoms with Gasteiger partial charge in [0.1, 0.15) is 11.1 Å². The lowest BCUT2D eigenvalue weighted by Gasteiger charge is -2.13. The molecule has 2 aliphatic rings. The Kier molecular flexibility index (Phi) is 4.31. The van der Waals surface area contributed by atoms with Crippen LogP contribution >= 0.6 is 11.3 Å². The number of hydrogen-bond acceptors (Lipinski definition) is 6. The van der Waals surface area contributed by atoms with Crippen LogP contribution < -0.4 is 0 Å². The summed E-state index contributed by atoms with van der Waals surface area (Å²) < 4.78 is 9.39. The minimum absolute atomic E-state index is 0.182. The van der Waals surface area contributed by atoms with Crippen LogP contribution in [0, 0.1) is 0 Å². The van der Waals surface area contributed by atoms with Gasteiger partial charge in [-0.25, -0.2) is 9.59 Å². The van der Waals surface area contributed by atoms with Crippen LogP contribution in [0.4, 0.5) is 0 Å². The van der Waals surface area contributed by atoms with Crippen molar-refractivity contribution in [2.45, 2.75) is 6.42 Å². The van der Waals surface area contributed by atoms with E-state index in [1.807, 2.05) is 22.9 Å². The van der Waals surface area contributed by atoms with Crippen molar-refractivity contribution in [3.8, 4) is 0 Å². The molecule has 2 aliphatic carbocycles. The van der Waals surface area contributed by atoms with Crippen molar-refractivity contribution in [1.29, 1.82) is 0 Å². The first-order valence-electron chi connectivity index (χ1n) is 7.15. The topological polar surface area (TPSA) is 69.7 Å². The average molecular weight is 342 g/mol. The number of Topliss-reactive ketones (excluding diaryl/α,β-unsaturated/α-hetero) is 1. The van der Waals surface area contributed by atoms with Crippen molar-refractivity contribution in [3.05, 3.63) is 56.3 Å². The molecule has 24 heavy (non-hydrogen) atoms. The molecule has 0 spiro atoms. The van der Waals surface area contributed by atoms with Gasteiger partial charge in [0.25, 0.3) is 0 Å². The maximum atomic E-state index is 12.7. The van der Waals surface area contributed by atoms with Crippen LogP contribution in [0.5, 0.6) is 0 Å². The summed E-state index contributed by atoms with van der Waals surface area (Å²) in [5.74, 6) is -2.26. The van der Waals surface area contributed by atoms with Crippen LogP contribution in [-0.4, -0.2) is 31.9 Å². The van der Waals surface area contributed by atoms with E-state index < -0.39 is 17.7 Å². The van der Waals surface area contributed by atoms with E-state index in [-0.39, 0.29) is 11.1 Å². The Labute approximate surface area is 142 Å². The molecule has 0 saturated carbocycles. The number of methoxy groups -OCH3 is 2. The van der Waals surface area contributed by atoms with E-state index >= 15 is 0 Å². The predicted octanol–water partition coefficient (Wildman–Crippen LogP) is 2.70. The maximum Gasteiger partial charge on any atom is 0.341 e. The predicted molar refractivity (Wildman–Crippen MR) is 90.1 cm³/mol. The quantitative estimate of drug-likeness (QED) is 0.610. The molecule has 1 aromatic rings. The summed E-state index contributed by atoms with van der Waals surface area (Å²) in [6.45, 7) is 0. The fourth-order valence-electron chi connectivity index (χ4n) is 2.64. The highest BCUT2D eigenvalue weighted by molar-refractivity contribution is 7.08. The molecule has 3 rings (SSSR count). The number of thiophene rings is 1. The Hall–Kier alpha value is -2.73. The summed E-state index contributed by atoms with van der Waals surface area (Å²) in [6, 6.07) is 0. The van der Waals surface area contributed by atoms with Crippen molar-refractivity contribution in [2.24, 2.45) is 0 Å². The Bertz CT molecular complexity index is 797. The molecule has 1 heterocycles. The highest BCUT2D eigenvalue weighted by Gasteiger charge is 2.30. The number of carbonyl (C=O) groups is 3. The van der Waals surface area contributed by atoms with Gasteiger partial charge in [-0.05, 0) is 63.8 Å². The summed E-state index contributed by atoms with van der Waals surface area (Å²) >= 11 is 1.56. The SMILES string of the molecule is COC(=O)C1=CC2=Cc3cscc3C=C(C=C(C(=O)OC)C1=O)C2. The second-order valence-electron chi connectivity index (χ2n) is 5.33. The van der Waals surface area contributed by atoms with Crippen LogP contribution in [0.15, 0.2) is 45.2 Å². The van der Waals surface area contributed by atoms with Crippen LogP contribution in [0.25, 0.3) is 12.2 Å². The summed E-state index contributed by atoms with van der Waals surface area (Å²) in [4.78, 5) is 36.7. The third-order valence-corrected chi connectivity index (χ3v) is 4.55. The van der Waals surface area contributed by atoms with Gasteiger partial charge in [-0.1, -0.05) is 0 Å². The van der Waals surface area contributed by atoms with Gasteiger partial charge in [-0.3, -0.25) is 4.79 Å². The van der Waals surface area contributed by atoms with Gasteiger partial charge in [0.05, 0.1) is 14.2 Å². The summed E-state index contributed by atoms with van der Waals surface area (Å²) in [5, 5.41) is 3.98. The highest BCUT2D eigenvalue weighted by atomic mass is 32.1. The minimum atomic E-state index is -0.780. The van der Waals surface area contributed by atoms with Crippen LogP contribution in [0.3, 0.4) is 0 Å². The Balaban J connectivity index is 2.24. The zero-order valence-electron chi connectivity index (χ0n) is 13.1. The lowest BCUT2D eigenvalue weighted by atomic mass is 9.92. The number of esters is 2. The standard InChI is InChI=1S/C18H14O5S/c1-22-17(20)14-6-10-3-11(5-13-9-24-8-12(13)4-10)7-15(16(14)19)18(21)23-2/h4-9H,3H2,1-2H3. The van der Waals surface area contributed by atoms with Crippen molar-refractivity contribution < 1.29 is 23.9 Å². The van der Waals surface area contributed by atoms with E-state index in [4.69, 9.17) is 9.47 Å². The lowest BCUT2D eigenvalue weighted by molar-refractivity contribution is -0.138. The first-order valence-corrected chi connectivity index (χ1v) is 8.10. The van der Waals surface area contributed by atoms with E-state index in [0.29, 0.717) is 6.42 Å². The van der Waals surface area contributed by atoms with E-state index in [1.165, 1.54) is 26.4 Å². The Morgan fingerprint density at radius 3 is 1.75 bits per heavy atom. The van der Waals surface area contributed by atoms with Crippen LogP contribution in [0.1, 0.15) is 17.5 Å². The number of carbonyl (C=O) groups excluding carboxylic acids is 3. The molecule has 2 bridgehead atoms. The average Bonchev–Trinajstić information content (AvgIpc) is 2.93. The fourth-order valence-corrected chi connectivity index (χ4v) is 3.41. The van der Waals surface area contributed by atoms with Crippen molar-refractivity contribution in [1.82, 2.24) is 0 Å². The van der Waals surface area contributed by atoms with E-state index in [9.17, 15) is 14.4 Å². The molecule has 6 heteroatoms. The molecule has 0 unspecified atom stereocenters. The van der Waals surface area contributed by atoms with Gasteiger partial charge in [0.15, 0.2) is 0 Å². The minimum Gasteiger partial charge on any atom is -0.465 e. The first kappa shape index (κ1) is 16.1. The number of allylic oxidation sites excluding steroid dienone is 4. The van der Waals surface area contributed by atoms with Gasteiger partial charge in [0.2, 0.25) is 5.78 Å². The second kappa shape index (κ2) is 6.41. The smallest absolute Gasteiger partial charge is 0.341 e. The number of ketones is 1. The zero-order valence-corrected chi connectivity index (χ0v) is 13.9. The molecule has 0 radical (unpaired) electrons. The molecule has 122 valence electrons.